The second-order valence-corrected chi connectivity index (χ2v) is 5.59. The minimum absolute atomic E-state index is 0.0982. The van der Waals surface area contributed by atoms with E-state index >= 15 is 0 Å². The lowest BCUT2D eigenvalue weighted by Crippen LogP contribution is -2.25. The Morgan fingerprint density at radius 3 is 2.52 bits per heavy atom. The van der Waals surface area contributed by atoms with Gasteiger partial charge in [-0.25, -0.2) is 4.79 Å². The predicted molar refractivity (Wildman–Crippen MR) is 98.1 cm³/mol. The van der Waals surface area contributed by atoms with E-state index < -0.39 is 0 Å². The quantitative estimate of drug-likeness (QED) is 0.638. The zero-order chi connectivity index (χ0) is 19.1. The molecule has 9 nitrogen and oxygen atoms in total. The third-order valence-corrected chi connectivity index (χ3v) is 3.66. The van der Waals surface area contributed by atoms with Crippen LogP contribution in [0.15, 0.2) is 59.4 Å². The summed E-state index contributed by atoms with van der Waals surface area (Å²) in [5, 5.41) is 10.4. The summed E-state index contributed by atoms with van der Waals surface area (Å²) < 4.78 is 12.7. The van der Waals surface area contributed by atoms with Crippen molar-refractivity contribution in [2.24, 2.45) is 0 Å². The van der Waals surface area contributed by atoms with Crippen LogP contribution in [-0.2, 0) is 16.1 Å². The van der Waals surface area contributed by atoms with Crippen LogP contribution in [0.5, 0.6) is 5.75 Å². The molecule has 1 heterocycles. The third-order valence-electron chi connectivity index (χ3n) is 3.66. The van der Waals surface area contributed by atoms with Crippen molar-refractivity contribution in [2.75, 3.05) is 25.6 Å². The van der Waals surface area contributed by atoms with Gasteiger partial charge in [-0.15, -0.1) is 0 Å². The lowest BCUT2D eigenvalue weighted by Gasteiger charge is -2.08. The number of para-hydroxylation sites is 1. The van der Waals surface area contributed by atoms with Crippen molar-refractivity contribution in [1.29, 1.82) is 0 Å². The van der Waals surface area contributed by atoms with Gasteiger partial charge in [0.1, 0.15) is 5.75 Å². The second-order valence-electron chi connectivity index (χ2n) is 5.59. The SMILES string of the molecule is COCCn1nnn(-c2ccc(NC(=O)COc3ccccc3)cc2)c1=O. The summed E-state index contributed by atoms with van der Waals surface area (Å²) in [4.78, 5) is 24.2. The summed E-state index contributed by atoms with van der Waals surface area (Å²) in [6.07, 6.45) is 0. The van der Waals surface area contributed by atoms with Gasteiger partial charge in [-0.2, -0.15) is 9.36 Å². The van der Waals surface area contributed by atoms with E-state index in [0.29, 0.717) is 30.3 Å². The number of carbonyl (C=O) groups excluding carboxylic acids is 1. The molecule has 1 N–H and O–H groups in total. The summed E-state index contributed by atoms with van der Waals surface area (Å²) in [5.41, 5.74) is 0.766. The van der Waals surface area contributed by atoms with Crippen LogP contribution in [0, 0.1) is 0 Å². The number of tetrazole rings is 1. The number of anilines is 1. The number of methoxy groups -OCH3 is 1. The van der Waals surface area contributed by atoms with Crippen molar-refractivity contribution >= 4 is 11.6 Å². The van der Waals surface area contributed by atoms with Gasteiger partial charge in [-0.1, -0.05) is 18.2 Å². The first-order valence-corrected chi connectivity index (χ1v) is 8.27. The number of hydrogen-bond acceptors (Lipinski definition) is 6. The van der Waals surface area contributed by atoms with E-state index in [0.717, 1.165) is 0 Å². The normalized spacial score (nSPS) is 10.6. The summed E-state index contributed by atoms with van der Waals surface area (Å²) in [7, 11) is 1.55. The first-order chi connectivity index (χ1) is 13.2. The summed E-state index contributed by atoms with van der Waals surface area (Å²) in [6.45, 7) is 0.596. The molecule has 27 heavy (non-hydrogen) atoms. The first-order valence-electron chi connectivity index (χ1n) is 8.27. The van der Waals surface area contributed by atoms with Crippen LogP contribution in [-0.4, -0.2) is 46.0 Å². The number of nitrogens with zero attached hydrogens (tertiary/aromatic N) is 4. The summed E-state index contributed by atoms with van der Waals surface area (Å²) >= 11 is 0. The number of carbonyl (C=O) groups is 1. The number of ether oxygens (including phenoxy) is 2. The molecule has 0 aliphatic rings. The Morgan fingerprint density at radius 2 is 1.81 bits per heavy atom. The van der Waals surface area contributed by atoms with Crippen molar-refractivity contribution in [1.82, 2.24) is 19.8 Å². The molecule has 0 radical (unpaired) electrons. The fraction of sp³-hybridized carbons (Fsp3) is 0.222. The summed E-state index contributed by atoms with van der Waals surface area (Å²) in [6, 6.07) is 15.8. The van der Waals surface area contributed by atoms with Gasteiger partial charge in [0.15, 0.2) is 6.61 Å². The fourth-order valence-corrected chi connectivity index (χ4v) is 2.30. The molecule has 0 bridgehead atoms. The van der Waals surface area contributed by atoms with Crippen LogP contribution >= 0.6 is 0 Å². The Morgan fingerprint density at radius 1 is 1.07 bits per heavy atom. The van der Waals surface area contributed by atoms with Gasteiger partial charge in [-0.05, 0) is 46.8 Å². The molecule has 2 aromatic carbocycles. The number of amides is 1. The van der Waals surface area contributed by atoms with E-state index in [1.807, 2.05) is 18.2 Å². The van der Waals surface area contributed by atoms with Crippen molar-refractivity contribution in [3.05, 3.63) is 65.1 Å². The largest absolute Gasteiger partial charge is 0.484 e. The maximum atomic E-state index is 12.2. The van der Waals surface area contributed by atoms with E-state index in [9.17, 15) is 9.59 Å². The highest BCUT2D eigenvalue weighted by molar-refractivity contribution is 5.91. The van der Waals surface area contributed by atoms with E-state index in [-0.39, 0.29) is 18.2 Å². The Bertz CT molecular complexity index is 934. The molecule has 1 amide bonds. The molecule has 0 saturated carbocycles. The van der Waals surface area contributed by atoms with Gasteiger partial charge in [0.05, 0.1) is 18.8 Å². The molecule has 140 valence electrons. The van der Waals surface area contributed by atoms with Crippen LogP contribution in [0.3, 0.4) is 0 Å². The van der Waals surface area contributed by atoms with Gasteiger partial charge in [-0.3, -0.25) is 4.79 Å². The van der Waals surface area contributed by atoms with Crippen LogP contribution in [0.2, 0.25) is 0 Å². The lowest BCUT2D eigenvalue weighted by atomic mass is 10.3. The van der Waals surface area contributed by atoms with Gasteiger partial charge in [0, 0.05) is 12.8 Å². The zero-order valence-corrected chi connectivity index (χ0v) is 14.7. The molecule has 3 rings (SSSR count). The molecule has 0 atom stereocenters. The summed E-state index contributed by atoms with van der Waals surface area (Å²) in [5.74, 6) is 0.341. The molecular weight excluding hydrogens is 350 g/mol. The number of hydrogen-bond donors (Lipinski definition) is 1. The van der Waals surface area contributed by atoms with Crippen molar-refractivity contribution in [3.63, 3.8) is 0 Å². The van der Waals surface area contributed by atoms with Gasteiger partial charge in [0.25, 0.3) is 5.91 Å². The highest BCUT2D eigenvalue weighted by atomic mass is 16.5. The van der Waals surface area contributed by atoms with Gasteiger partial charge < -0.3 is 14.8 Å². The molecule has 0 saturated heterocycles. The van der Waals surface area contributed by atoms with E-state index in [1.54, 1.807) is 43.5 Å². The molecule has 0 aliphatic carbocycles. The molecule has 9 heteroatoms. The standard InChI is InChI=1S/C18H19N5O4/c1-26-12-11-22-18(25)23(21-20-22)15-9-7-14(8-10-15)19-17(24)13-27-16-5-3-2-4-6-16/h2-10H,11-13H2,1H3,(H,19,24). The second kappa shape index (κ2) is 8.77. The predicted octanol–water partition coefficient (Wildman–Crippen LogP) is 1.09. The monoisotopic (exact) mass is 369 g/mol. The Hall–Kier alpha value is -3.46. The molecule has 1 aromatic heterocycles. The third kappa shape index (κ3) is 4.79. The smallest absolute Gasteiger partial charge is 0.368 e. The van der Waals surface area contributed by atoms with E-state index in [2.05, 4.69) is 15.7 Å². The molecule has 0 fully saturated rings. The molecule has 0 aliphatic heterocycles. The van der Waals surface area contributed by atoms with Crippen LogP contribution in [0.4, 0.5) is 5.69 Å². The number of nitrogens with one attached hydrogen (secondary N) is 1. The maximum absolute atomic E-state index is 12.2. The molecule has 0 spiro atoms. The van der Waals surface area contributed by atoms with Crippen LogP contribution < -0.4 is 15.7 Å². The van der Waals surface area contributed by atoms with Crippen LogP contribution in [0.25, 0.3) is 5.69 Å². The average molecular weight is 369 g/mol. The van der Waals surface area contributed by atoms with Crippen molar-refractivity contribution in [2.45, 2.75) is 6.54 Å². The Balaban J connectivity index is 1.59. The van der Waals surface area contributed by atoms with E-state index in [4.69, 9.17) is 9.47 Å². The highest BCUT2D eigenvalue weighted by Crippen LogP contribution is 2.12. The number of rotatable bonds is 8. The molecule has 3 aromatic rings. The highest BCUT2D eigenvalue weighted by Gasteiger charge is 2.09. The fourth-order valence-electron chi connectivity index (χ4n) is 2.30. The zero-order valence-electron chi connectivity index (χ0n) is 14.7. The van der Waals surface area contributed by atoms with Crippen molar-refractivity contribution in [3.8, 4) is 11.4 Å². The van der Waals surface area contributed by atoms with Crippen LogP contribution in [0.1, 0.15) is 0 Å². The number of benzene rings is 2. The van der Waals surface area contributed by atoms with E-state index in [1.165, 1.54) is 9.36 Å². The minimum Gasteiger partial charge on any atom is -0.484 e. The first kappa shape index (κ1) is 18.3. The minimum atomic E-state index is -0.361. The maximum Gasteiger partial charge on any atom is 0.368 e. The topological polar surface area (TPSA) is 100 Å². The Kier molecular flexibility index (Phi) is 5.95. The average Bonchev–Trinajstić information content (AvgIpc) is 3.06. The number of aromatic nitrogens is 4. The van der Waals surface area contributed by atoms with Crippen molar-refractivity contribution < 1.29 is 14.3 Å². The Labute approximate surface area is 155 Å². The van der Waals surface area contributed by atoms with Gasteiger partial charge in [0.2, 0.25) is 0 Å². The molecule has 0 unspecified atom stereocenters. The molecular formula is C18H19N5O4. The van der Waals surface area contributed by atoms with Gasteiger partial charge >= 0.3 is 5.69 Å². The lowest BCUT2D eigenvalue weighted by molar-refractivity contribution is -0.118.